The minimum atomic E-state index is -0.431. The lowest BCUT2D eigenvalue weighted by Crippen LogP contribution is -2.29. The van der Waals surface area contributed by atoms with Crippen molar-refractivity contribution < 1.29 is 9.21 Å². The van der Waals surface area contributed by atoms with Crippen molar-refractivity contribution in [3.63, 3.8) is 0 Å². The summed E-state index contributed by atoms with van der Waals surface area (Å²) < 4.78 is 6.61. The van der Waals surface area contributed by atoms with Crippen molar-refractivity contribution in [1.29, 1.82) is 0 Å². The van der Waals surface area contributed by atoms with Crippen LogP contribution in [0.4, 0.5) is 0 Å². The molecule has 0 bridgehead atoms. The third-order valence-electron chi connectivity index (χ3n) is 2.41. The van der Waals surface area contributed by atoms with Crippen LogP contribution in [0.2, 0.25) is 0 Å². The highest BCUT2D eigenvalue weighted by Crippen LogP contribution is 2.26. The number of hydrazine groups is 1. The summed E-state index contributed by atoms with van der Waals surface area (Å²) in [7, 11) is 0. The monoisotopic (exact) mass is 342 g/mol. The van der Waals surface area contributed by atoms with Crippen molar-refractivity contribution in [1.82, 2.24) is 5.43 Å². The second kappa shape index (κ2) is 4.89. The van der Waals surface area contributed by atoms with Crippen LogP contribution in [-0.2, 0) is 0 Å². The van der Waals surface area contributed by atoms with Gasteiger partial charge in [0.25, 0.3) is 0 Å². The molecular formula is C12H11IN2O2. The van der Waals surface area contributed by atoms with Gasteiger partial charge in [0.05, 0.1) is 0 Å². The predicted molar refractivity (Wildman–Crippen MR) is 73.3 cm³/mol. The lowest BCUT2D eigenvalue weighted by molar-refractivity contribution is 0.0927. The van der Waals surface area contributed by atoms with Crippen molar-refractivity contribution in [2.24, 2.45) is 5.84 Å². The van der Waals surface area contributed by atoms with Crippen LogP contribution in [0.5, 0.6) is 0 Å². The van der Waals surface area contributed by atoms with E-state index in [4.69, 9.17) is 10.3 Å². The second-order valence-electron chi connectivity index (χ2n) is 3.60. The van der Waals surface area contributed by atoms with Gasteiger partial charge < -0.3 is 4.42 Å². The van der Waals surface area contributed by atoms with Crippen molar-refractivity contribution in [2.45, 2.75) is 6.92 Å². The lowest BCUT2D eigenvalue weighted by atomic mass is 10.1. The molecule has 0 aliphatic carbocycles. The fourth-order valence-electron chi connectivity index (χ4n) is 1.58. The van der Waals surface area contributed by atoms with Crippen molar-refractivity contribution in [3.05, 3.63) is 45.2 Å². The molecule has 1 amide bonds. The predicted octanol–water partition coefficient (Wildman–Crippen LogP) is 2.46. The van der Waals surface area contributed by atoms with E-state index in [1.807, 2.05) is 24.5 Å². The Hall–Kier alpha value is -1.34. The van der Waals surface area contributed by atoms with Crippen LogP contribution < -0.4 is 11.3 Å². The molecule has 0 atom stereocenters. The maximum atomic E-state index is 11.3. The van der Waals surface area contributed by atoms with Gasteiger partial charge in [-0.1, -0.05) is 0 Å². The van der Waals surface area contributed by atoms with Gasteiger partial charge in [-0.2, -0.15) is 0 Å². The molecular weight excluding hydrogens is 331 g/mol. The average molecular weight is 342 g/mol. The van der Waals surface area contributed by atoms with Crippen LogP contribution in [0.25, 0.3) is 11.3 Å². The molecule has 0 saturated heterocycles. The summed E-state index contributed by atoms with van der Waals surface area (Å²) in [5.41, 5.74) is 4.11. The topological polar surface area (TPSA) is 68.3 Å². The number of benzene rings is 1. The maximum Gasteiger partial charge on any atom is 0.300 e. The zero-order valence-electron chi connectivity index (χ0n) is 9.16. The van der Waals surface area contributed by atoms with Crippen LogP contribution in [0.1, 0.15) is 16.1 Å². The lowest BCUT2D eigenvalue weighted by Gasteiger charge is -2.03. The Morgan fingerprint density at radius 1 is 1.35 bits per heavy atom. The summed E-state index contributed by atoms with van der Waals surface area (Å²) in [6.07, 6.45) is 0. The number of carbonyl (C=O) groups excluding carboxylic acids is 1. The van der Waals surface area contributed by atoms with Crippen LogP contribution >= 0.6 is 22.6 Å². The van der Waals surface area contributed by atoms with Crippen LogP contribution in [0, 0.1) is 10.5 Å². The van der Waals surface area contributed by atoms with E-state index in [-0.39, 0.29) is 5.76 Å². The first-order valence-corrected chi connectivity index (χ1v) is 6.07. The fraction of sp³-hybridized carbons (Fsp3) is 0.0833. The molecule has 17 heavy (non-hydrogen) atoms. The molecule has 1 aromatic heterocycles. The second-order valence-corrected chi connectivity index (χ2v) is 4.84. The zero-order valence-corrected chi connectivity index (χ0v) is 11.3. The van der Waals surface area contributed by atoms with Crippen molar-refractivity contribution >= 4 is 28.5 Å². The van der Waals surface area contributed by atoms with E-state index in [1.165, 1.54) is 0 Å². The number of rotatable bonds is 2. The third kappa shape index (κ3) is 2.50. The van der Waals surface area contributed by atoms with Gasteiger partial charge in [-0.25, -0.2) is 5.84 Å². The number of nitrogens with one attached hydrogen (secondary N) is 1. The molecule has 0 radical (unpaired) electrons. The van der Waals surface area contributed by atoms with Gasteiger partial charge in [0.2, 0.25) is 0 Å². The normalized spacial score (nSPS) is 10.3. The molecule has 0 fully saturated rings. The number of halogens is 1. The zero-order chi connectivity index (χ0) is 12.4. The first-order chi connectivity index (χ1) is 8.11. The molecule has 0 saturated carbocycles. The summed E-state index contributed by atoms with van der Waals surface area (Å²) >= 11 is 2.25. The number of furan rings is 1. The summed E-state index contributed by atoms with van der Waals surface area (Å²) in [5.74, 6) is 5.48. The molecule has 88 valence electrons. The van der Waals surface area contributed by atoms with Crippen LogP contribution in [0.3, 0.4) is 0 Å². The Kier molecular flexibility index (Phi) is 3.49. The standard InChI is InChI=1S/C12H11IN2O2/c1-7-6-8(13)2-3-9(7)10-4-5-11(17-10)12(16)15-14/h2-6H,14H2,1H3,(H,15,16). The van der Waals surface area contributed by atoms with E-state index in [0.29, 0.717) is 5.76 Å². The third-order valence-corrected chi connectivity index (χ3v) is 3.09. The first-order valence-electron chi connectivity index (χ1n) is 4.99. The number of amides is 1. The average Bonchev–Trinajstić information content (AvgIpc) is 2.77. The molecule has 0 spiro atoms. The van der Waals surface area contributed by atoms with E-state index < -0.39 is 5.91 Å². The van der Waals surface area contributed by atoms with Gasteiger partial charge in [0, 0.05) is 9.13 Å². The molecule has 0 aliphatic heterocycles. The summed E-state index contributed by atoms with van der Waals surface area (Å²) in [6, 6.07) is 9.39. The largest absolute Gasteiger partial charge is 0.451 e. The number of aryl methyl sites for hydroxylation is 1. The Bertz CT molecular complexity index is 563. The van der Waals surface area contributed by atoms with Gasteiger partial charge in [-0.15, -0.1) is 0 Å². The van der Waals surface area contributed by atoms with Crippen LogP contribution in [0.15, 0.2) is 34.7 Å². The molecule has 0 unspecified atom stereocenters. The number of nitrogen functional groups attached to an aromatic ring is 1. The van der Waals surface area contributed by atoms with Gasteiger partial charge in [0.15, 0.2) is 5.76 Å². The molecule has 2 aromatic rings. The van der Waals surface area contributed by atoms with Gasteiger partial charge in [0.1, 0.15) is 5.76 Å². The van der Waals surface area contributed by atoms with Crippen LogP contribution in [-0.4, -0.2) is 5.91 Å². The number of nitrogens with two attached hydrogens (primary N) is 1. The number of hydrogen-bond acceptors (Lipinski definition) is 3. The minimum Gasteiger partial charge on any atom is -0.451 e. The molecule has 0 aliphatic rings. The quantitative estimate of drug-likeness (QED) is 0.381. The van der Waals surface area contributed by atoms with Gasteiger partial charge in [-0.3, -0.25) is 10.2 Å². The Morgan fingerprint density at radius 2 is 2.12 bits per heavy atom. The maximum absolute atomic E-state index is 11.3. The van der Waals surface area contributed by atoms with Gasteiger partial charge >= 0.3 is 5.91 Å². The van der Waals surface area contributed by atoms with Gasteiger partial charge in [-0.05, 0) is 65.4 Å². The number of hydrogen-bond donors (Lipinski definition) is 2. The Balaban J connectivity index is 2.40. The van der Waals surface area contributed by atoms with E-state index in [1.54, 1.807) is 12.1 Å². The minimum absolute atomic E-state index is 0.209. The van der Waals surface area contributed by atoms with E-state index in [9.17, 15) is 4.79 Å². The molecule has 2 rings (SSSR count). The fourth-order valence-corrected chi connectivity index (χ4v) is 2.23. The highest BCUT2D eigenvalue weighted by Gasteiger charge is 2.12. The molecule has 1 heterocycles. The van der Waals surface area contributed by atoms with Crippen molar-refractivity contribution in [2.75, 3.05) is 0 Å². The first kappa shape index (κ1) is 12.1. The van der Waals surface area contributed by atoms with E-state index in [2.05, 4.69) is 28.7 Å². The van der Waals surface area contributed by atoms with E-state index in [0.717, 1.165) is 14.7 Å². The number of carbonyl (C=O) groups is 1. The summed E-state index contributed by atoms with van der Waals surface area (Å²) in [4.78, 5) is 11.3. The van der Waals surface area contributed by atoms with Crippen molar-refractivity contribution in [3.8, 4) is 11.3 Å². The molecule has 1 aromatic carbocycles. The Morgan fingerprint density at radius 3 is 2.76 bits per heavy atom. The van der Waals surface area contributed by atoms with E-state index >= 15 is 0 Å². The highest BCUT2D eigenvalue weighted by molar-refractivity contribution is 14.1. The molecule has 5 heteroatoms. The Labute approximate surface area is 112 Å². The smallest absolute Gasteiger partial charge is 0.300 e. The summed E-state index contributed by atoms with van der Waals surface area (Å²) in [5, 5.41) is 0. The summed E-state index contributed by atoms with van der Waals surface area (Å²) in [6.45, 7) is 2.00. The SMILES string of the molecule is Cc1cc(I)ccc1-c1ccc(C(=O)NN)o1. The highest BCUT2D eigenvalue weighted by atomic mass is 127. The molecule has 4 nitrogen and oxygen atoms in total. The molecule has 3 N–H and O–H groups in total.